The van der Waals surface area contributed by atoms with Gasteiger partial charge in [0, 0.05) is 35.4 Å². The maximum atomic E-state index is 14.8. The van der Waals surface area contributed by atoms with E-state index in [1.165, 1.54) is 0 Å². The lowest BCUT2D eigenvalue weighted by molar-refractivity contribution is -0.147. The zero-order valence-corrected chi connectivity index (χ0v) is 27.1. The number of fused-ring (bicyclic) bond motifs is 1. The van der Waals surface area contributed by atoms with Crippen LogP contribution in [0.4, 0.5) is 5.69 Å². The number of amides is 3. The molecule has 2 aromatic rings. The van der Waals surface area contributed by atoms with Crippen LogP contribution in [-0.2, 0) is 20.9 Å². The molecule has 0 saturated carbocycles. The first kappa shape index (κ1) is 31.5. The Balaban J connectivity index is 1.60. The number of para-hydroxylation sites is 1. The fraction of sp³-hybridized carbons (Fsp3) is 0.441. The van der Waals surface area contributed by atoms with Crippen LogP contribution in [0.5, 0.6) is 0 Å². The first-order valence-corrected chi connectivity index (χ1v) is 16.7. The van der Waals surface area contributed by atoms with Gasteiger partial charge in [0.2, 0.25) is 17.7 Å². The van der Waals surface area contributed by atoms with E-state index in [4.69, 9.17) is 0 Å². The first-order valence-electron chi connectivity index (χ1n) is 14.9. The fourth-order valence-electron chi connectivity index (χ4n) is 7.21. The number of likely N-dealkylation sites (tertiary alicyclic amines) is 1. The number of hydrogen-bond donors (Lipinski definition) is 1. The van der Waals surface area contributed by atoms with Crippen molar-refractivity contribution in [1.82, 2.24) is 9.80 Å². The Morgan fingerprint density at radius 2 is 1.70 bits per heavy atom. The van der Waals surface area contributed by atoms with Crippen LogP contribution in [0.25, 0.3) is 0 Å². The van der Waals surface area contributed by atoms with E-state index in [-0.39, 0.29) is 40.3 Å². The molecule has 3 amide bonds. The SMILES string of the molecule is C=CCN(Cc1ccccc1)C(=O)C1N([C@@H](CO)C(C)C)C(=O)[C@@H]2[C@@H](C(=O)N(CC=C)c3ccccc3)[C@@H]3SC12CC3Br. The number of carbonyl (C=O) groups excluding carboxylic acids is 3. The minimum Gasteiger partial charge on any atom is -0.394 e. The average molecular weight is 667 g/mol. The summed E-state index contributed by atoms with van der Waals surface area (Å²) in [6.45, 7) is 12.4. The van der Waals surface area contributed by atoms with Crippen LogP contribution in [0.2, 0.25) is 0 Å². The number of hydrogen-bond acceptors (Lipinski definition) is 5. The molecule has 2 aromatic carbocycles. The van der Waals surface area contributed by atoms with Gasteiger partial charge in [-0.05, 0) is 30.0 Å². The number of anilines is 1. The third-order valence-corrected chi connectivity index (χ3v) is 12.3. The van der Waals surface area contributed by atoms with Crippen LogP contribution in [0.3, 0.4) is 0 Å². The zero-order valence-electron chi connectivity index (χ0n) is 24.7. The summed E-state index contributed by atoms with van der Waals surface area (Å²) < 4.78 is -0.817. The van der Waals surface area contributed by atoms with Crippen LogP contribution >= 0.6 is 27.7 Å². The van der Waals surface area contributed by atoms with E-state index in [0.717, 1.165) is 11.3 Å². The lowest BCUT2D eigenvalue weighted by atomic mass is 9.70. The molecule has 0 aliphatic carbocycles. The molecular formula is C34H40BrN3O4S. The maximum absolute atomic E-state index is 14.8. The molecule has 3 aliphatic rings. The van der Waals surface area contributed by atoms with E-state index in [1.54, 1.807) is 38.6 Å². The van der Waals surface area contributed by atoms with E-state index in [1.807, 2.05) is 74.5 Å². The monoisotopic (exact) mass is 665 g/mol. The van der Waals surface area contributed by atoms with Crippen molar-refractivity contribution in [2.45, 2.75) is 53.7 Å². The molecule has 228 valence electrons. The van der Waals surface area contributed by atoms with Gasteiger partial charge >= 0.3 is 0 Å². The van der Waals surface area contributed by atoms with Crippen molar-refractivity contribution in [3.05, 3.63) is 91.5 Å². The molecule has 7 atom stereocenters. The topological polar surface area (TPSA) is 81.2 Å². The summed E-state index contributed by atoms with van der Waals surface area (Å²) in [5.41, 5.74) is 1.72. The minimum absolute atomic E-state index is 0.0549. The lowest BCUT2D eigenvalue weighted by Crippen LogP contribution is -2.58. The number of rotatable bonds is 12. The molecule has 7 nitrogen and oxygen atoms in total. The highest BCUT2D eigenvalue weighted by molar-refractivity contribution is 9.09. The molecule has 3 unspecified atom stereocenters. The van der Waals surface area contributed by atoms with Crippen LogP contribution in [0.15, 0.2) is 86.0 Å². The molecule has 0 aromatic heterocycles. The molecular weight excluding hydrogens is 626 g/mol. The van der Waals surface area contributed by atoms with Crippen molar-refractivity contribution in [3.63, 3.8) is 0 Å². The highest BCUT2D eigenvalue weighted by atomic mass is 79.9. The number of nitrogens with zero attached hydrogens (tertiary/aromatic N) is 3. The molecule has 3 saturated heterocycles. The number of aliphatic hydroxyl groups excluding tert-OH is 1. The first-order chi connectivity index (χ1) is 20.7. The normalized spacial score (nSPS) is 28.1. The number of aliphatic hydroxyl groups is 1. The summed E-state index contributed by atoms with van der Waals surface area (Å²) in [6, 6.07) is 17.8. The molecule has 43 heavy (non-hydrogen) atoms. The summed E-state index contributed by atoms with van der Waals surface area (Å²) in [4.78, 5) is 49.0. The minimum atomic E-state index is -0.828. The molecule has 5 rings (SSSR count). The summed E-state index contributed by atoms with van der Waals surface area (Å²) in [5.74, 6) is -1.96. The third-order valence-electron chi connectivity index (χ3n) is 9.08. The van der Waals surface area contributed by atoms with E-state index in [2.05, 4.69) is 29.1 Å². The summed E-state index contributed by atoms with van der Waals surface area (Å²) in [5, 5.41) is 10.4. The summed E-state index contributed by atoms with van der Waals surface area (Å²) >= 11 is 5.48. The highest BCUT2D eigenvalue weighted by Gasteiger charge is 2.76. The molecule has 1 spiro atoms. The molecule has 3 heterocycles. The van der Waals surface area contributed by atoms with Gasteiger partial charge in [-0.3, -0.25) is 14.4 Å². The number of benzene rings is 2. The quantitative estimate of drug-likeness (QED) is 0.258. The van der Waals surface area contributed by atoms with Crippen molar-refractivity contribution in [3.8, 4) is 0 Å². The molecule has 3 fully saturated rings. The van der Waals surface area contributed by atoms with Gasteiger partial charge in [-0.2, -0.15) is 0 Å². The Morgan fingerprint density at radius 3 is 2.28 bits per heavy atom. The Kier molecular flexibility index (Phi) is 9.54. The van der Waals surface area contributed by atoms with E-state index in [0.29, 0.717) is 26.1 Å². The molecule has 9 heteroatoms. The van der Waals surface area contributed by atoms with Crippen LogP contribution in [0, 0.1) is 17.8 Å². The zero-order chi connectivity index (χ0) is 30.9. The number of halogens is 1. The predicted molar refractivity (Wildman–Crippen MR) is 176 cm³/mol. The Morgan fingerprint density at radius 1 is 1.07 bits per heavy atom. The van der Waals surface area contributed by atoms with Crippen LogP contribution in [0.1, 0.15) is 25.8 Å². The highest BCUT2D eigenvalue weighted by Crippen LogP contribution is 2.68. The largest absolute Gasteiger partial charge is 0.394 e. The van der Waals surface area contributed by atoms with Gasteiger partial charge < -0.3 is 19.8 Å². The maximum Gasteiger partial charge on any atom is 0.247 e. The summed E-state index contributed by atoms with van der Waals surface area (Å²) in [7, 11) is 0. The second-order valence-corrected chi connectivity index (χ2v) is 14.7. The van der Waals surface area contributed by atoms with Gasteiger partial charge in [0.1, 0.15) is 6.04 Å². The van der Waals surface area contributed by atoms with Gasteiger partial charge in [0.25, 0.3) is 0 Å². The number of alkyl halides is 1. The van der Waals surface area contributed by atoms with Crippen molar-refractivity contribution >= 4 is 51.1 Å². The van der Waals surface area contributed by atoms with E-state index in [9.17, 15) is 19.5 Å². The molecule has 2 bridgehead atoms. The third kappa shape index (κ3) is 5.49. The van der Waals surface area contributed by atoms with Crippen molar-refractivity contribution in [1.29, 1.82) is 0 Å². The van der Waals surface area contributed by atoms with Gasteiger partial charge in [0.15, 0.2) is 0 Å². The lowest BCUT2D eigenvalue weighted by Gasteiger charge is -2.41. The van der Waals surface area contributed by atoms with Gasteiger partial charge in [-0.15, -0.1) is 24.9 Å². The molecule has 1 N–H and O–H groups in total. The van der Waals surface area contributed by atoms with Crippen molar-refractivity contribution < 1.29 is 19.5 Å². The summed E-state index contributed by atoms with van der Waals surface area (Å²) in [6.07, 6.45) is 3.97. The predicted octanol–water partition coefficient (Wildman–Crippen LogP) is 4.90. The smallest absolute Gasteiger partial charge is 0.247 e. The average Bonchev–Trinajstić information content (AvgIpc) is 3.60. The number of thioether (sulfide) groups is 1. The Hall–Kier alpha value is -2.88. The van der Waals surface area contributed by atoms with E-state index < -0.39 is 28.7 Å². The number of carbonyl (C=O) groups is 3. The molecule has 0 radical (unpaired) electrons. The standard InChI is InChI=1S/C34H40BrN3O4S/c1-5-17-36(20-23-13-9-7-10-14-23)33(42)30-34-19-25(35)29(43-34)27(28(34)32(41)38(30)26(21-39)22(3)4)31(40)37(18-6-2)24-15-11-8-12-16-24/h5-16,22,25-30,39H,1-2,17-21H2,3-4H3/t25?,26-,27+,28-,29+,30?,34?/m0/s1. The van der Waals surface area contributed by atoms with Crippen LogP contribution in [-0.4, -0.2) is 79.2 Å². The van der Waals surface area contributed by atoms with Gasteiger partial charge in [-0.1, -0.05) is 90.5 Å². The Labute approximate surface area is 267 Å². The van der Waals surface area contributed by atoms with E-state index >= 15 is 0 Å². The van der Waals surface area contributed by atoms with Gasteiger partial charge in [-0.25, -0.2) is 0 Å². The van der Waals surface area contributed by atoms with Crippen LogP contribution < -0.4 is 4.90 Å². The second-order valence-electron chi connectivity index (χ2n) is 12.0. The molecule has 3 aliphatic heterocycles. The fourth-order valence-corrected chi connectivity index (χ4v) is 10.8. The van der Waals surface area contributed by atoms with Crippen molar-refractivity contribution in [2.75, 3.05) is 24.6 Å². The van der Waals surface area contributed by atoms with Crippen molar-refractivity contribution in [2.24, 2.45) is 17.8 Å². The Bertz CT molecular complexity index is 1360. The second kappa shape index (κ2) is 13.0. The van der Waals surface area contributed by atoms with Gasteiger partial charge in [0.05, 0.1) is 29.2 Å².